The van der Waals surface area contributed by atoms with Gasteiger partial charge in [-0.3, -0.25) is 9.69 Å². The molecule has 2 aromatic rings. The number of carboxylic acid groups (broad SMARTS) is 1. The predicted octanol–water partition coefficient (Wildman–Crippen LogP) is 5.37. The third kappa shape index (κ3) is 5.89. The molecule has 0 bridgehead atoms. The third-order valence-electron chi connectivity index (χ3n) is 7.37. The van der Waals surface area contributed by atoms with Crippen LogP contribution in [0, 0.1) is 5.92 Å². The fourth-order valence-corrected chi connectivity index (χ4v) is 5.35. The Morgan fingerprint density at radius 1 is 1.16 bits per heavy atom. The van der Waals surface area contributed by atoms with Crippen LogP contribution in [0.5, 0.6) is 5.88 Å². The molecule has 1 aliphatic carbocycles. The first-order chi connectivity index (χ1) is 17.8. The van der Waals surface area contributed by atoms with E-state index in [-0.39, 0.29) is 18.4 Å². The molecule has 3 heterocycles. The van der Waals surface area contributed by atoms with E-state index in [9.17, 15) is 18.0 Å². The second kappa shape index (κ2) is 10.7. The van der Waals surface area contributed by atoms with Crippen molar-refractivity contribution in [1.29, 1.82) is 0 Å². The number of carboxylic acids is 1. The minimum absolute atomic E-state index is 0.0450. The summed E-state index contributed by atoms with van der Waals surface area (Å²) in [4.78, 5) is 23.0. The Balaban J connectivity index is 1.24. The van der Waals surface area contributed by atoms with Crippen molar-refractivity contribution in [3.8, 4) is 5.88 Å². The number of oxime groups is 1. The van der Waals surface area contributed by atoms with Crippen LogP contribution in [0.15, 0.2) is 35.5 Å². The lowest BCUT2D eigenvalue weighted by molar-refractivity contribution is -0.147. The molecule has 10 heteroatoms. The second-order valence-electron chi connectivity index (χ2n) is 10.0. The molecule has 198 valence electrons. The Kier molecular flexibility index (Phi) is 7.37. The smallest absolute Gasteiger partial charge is 0.416 e. The van der Waals surface area contributed by atoms with E-state index in [0.717, 1.165) is 37.8 Å². The highest BCUT2D eigenvalue weighted by Gasteiger charge is 2.36. The molecule has 2 fully saturated rings. The lowest BCUT2D eigenvalue weighted by Crippen LogP contribution is -2.49. The predicted molar refractivity (Wildman–Crippen MR) is 129 cm³/mol. The molecule has 1 saturated heterocycles. The van der Waals surface area contributed by atoms with Gasteiger partial charge in [-0.05, 0) is 48.1 Å². The highest BCUT2D eigenvalue weighted by atomic mass is 19.4. The SMILES string of the molecule is O=C(O)C1CN(Cc2ccc3c(n2)OCC/C3=N/OCc2ccc(C3CCCCC3)c(C(F)(F)F)c2)C1. The van der Waals surface area contributed by atoms with Gasteiger partial charge in [0.25, 0.3) is 0 Å². The number of alkyl halides is 3. The minimum atomic E-state index is -4.41. The summed E-state index contributed by atoms with van der Waals surface area (Å²) >= 11 is 0. The first kappa shape index (κ1) is 25.5. The fourth-order valence-electron chi connectivity index (χ4n) is 5.35. The topological polar surface area (TPSA) is 84.2 Å². The van der Waals surface area contributed by atoms with E-state index >= 15 is 0 Å². The molecule has 1 aromatic carbocycles. The molecule has 0 spiro atoms. The maximum absolute atomic E-state index is 13.8. The standard InChI is InChI=1S/C27H30F3N3O4/c28-27(29,30)23-12-17(6-8-21(23)18-4-2-1-3-5-18)16-37-32-24-10-11-36-25-22(24)9-7-20(31-25)15-33-13-19(14-33)26(34)35/h6-9,12,18-19H,1-5,10-11,13-16H2,(H,34,35)/b32-24-. The van der Waals surface area contributed by atoms with Gasteiger partial charge in [-0.15, -0.1) is 0 Å². The van der Waals surface area contributed by atoms with Gasteiger partial charge in [-0.25, -0.2) is 4.98 Å². The summed E-state index contributed by atoms with van der Waals surface area (Å²) in [5.41, 5.74) is 2.32. The lowest BCUT2D eigenvalue weighted by Gasteiger charge is -2.36. The van der Waals surface area contributed by atoms with Crippen LogP contribution in [-0.2, 0) is 29.0 Å². The van der Waals surface area contributed by atoms with Crippen LogP contribution in [-0.4, -0.2) is 46.4 Å². The van der Waals surface area contributed by atoms with Crippen molar-refractivity contribution < 1.29 is 32.6 Å². The van der Waals surface area contributed by atoms with E-state index < -0.39 is 17.7 Å². The van der Waals surface area contributed by atoms with Crippen LogP contribution in [0.2, 0.25) is 0 Å². The average molecular weight is 518 g/mol. The first-order valence-corrected chi connectivity index (χ1v) is 12.7. The van der Waals surface area contributed by atoms with E-state index in [2.05, 4.69) is 10.1 Å². The lowest BCUT2D eigenvalue weighted by atomic mass is 9.81. The van der Waals surface area contributed by atoms with Crippen molar-refractivity contribution in [2.75, 3.05) is 19.7 Å². The molecule has 0 atom stereocenters. The van der Waals surface area contributed by atoms with Gasteiger partial charge < -0.3 is 14.7 Å². The maximum atomic E-state index is 13.8. The van der Waals surface area contributed by atoms with Crippen LogP contribution in [0.3, 0.4) is 0 Å². The van der Waals surface area contributed by atoms with Crippen molar-refractivity contribution >= 4 is 11.7 Å². The van der Waals surface area contributed by atoms with E-state index in [1.165, 1.54) is 6.07 Å². The molecular formula is C27H30F3N3O4. The summed E-state index contributed by atoms with van der Waals surface area (Å²) in [6.07, 6.45) is 0.692. The molecule has 1 aromatic heterocycles. The summed E-state index contributed by atoms with van der Waals surface area (Å²) in [5.74, 6) is -0.733. The van der Waals surface area contributed by atoms with Gasteiger partial charge in [0.05, 0.1) is 35.1 Å². The van der Waals surface area contributed by atoms with Gasteiger partial charge in [-0.2, -0.15) is 13.2 Å². The molecule has 3 aliphatic rings. The number of aliphatic carboxylic acids is 1. The number of carbonyl (C=O) groups is 1. The Morgan fingerprint density at radius 2 is 1.95 bits per heavy atom. The molecule has 7 nitrogen and oxygen atoms in total. The zero-order valence-corrected chi connectivity index (χ0v) is 20.5. The quantitative estimate of drug-likeness (QED) is 0.498. The zero-order chi connectivity index (χ0) is 26.0. The van der Waals surface area contributed by atoms with E-state index in [4.69, 9.17) is 14.7 Å². The number of hydrogen-bond donors (Lipinski definition) is 1. The van der Waals surface area contributed by atoms with Gasteiger partial charge in [0.1, 0.15) is 6.61 Å². The molecule has 1 N–H and O–H groups in total. The largest absolute Gasteiger partial charge is 0.481 e. The number of rotatable bonds is 7. The molecule has 5 rings (SSSR count). The zero-order valence-electron chi connectivity index (χ0n) is 20.5. The highest BCUT2D eigenvalue weighted by Crippen LogP contribution is 2.41. The number of aromatic nitrogens is 1. The van der Waals surface area contributed by atoms with Crippen LogP contribution in [0.25, 0.3) is 0 Å². The molecule has 2 aliphatic heterocycles. The molecule has 0 radical (unpaired) electrons. The fraction of sp³-hybridized carbons (Fsp3) is 0.519. The van der Waals surface area contributed by atoms with Gasteiger partial charge >= 0.3 is 12.1 Å². The number of fused-ring (bicyclic) bond motifs is 1. The summed E-state index contributed by atoms with van der Waals surface area (Å²) in [7, 11) is 0. The van der Waals surface area contributed by atoms with Crippen molar-refractivity contribution in [2.45, 2.75) is 63.8 Å². The minimum Gasteiger partial charge on any atom is -0.481 e. The van der Waals surface area contributed by atoms with Gasteiger partial charge in [0, 0.05) is 26.1 Å². The average Bonchev–Trinajstić information content (AvgIpc) is 2.85. The van der Waals surface area contributed by atoms with Gasteiger partial charge in [-0.1, -0.05) is 36.6 Å². The van der Waals surface area contributed by atoms with Crippen molar-refractivity contribution in [3.05, 3.63) is 58.3 Å². The number of nitrogens with zero attached hydrogens (tertiary/aromatic N) is 3. The van der Waals surface area contributed by atoms with Gasteiger partial charge in [0.15, 0.2) is 0 Å². The Hall–Kier alpha value is -3.14. The monoisotopic (exact) mass is 517 g/mol. The molecule has 0 unspecified atom stereocenters. The number of hydrogen-bond acceptors (Lipinski definition) is 6. The van der Waals surface area contributed by atoms with Crippen LogP contribution in [0.4, 0.5) is 13.2 Å². The van der Waals surface area contributed by atoms with Crippen molar-refractivity contribution in [1.82, 2.24) is 9.88 Å². The molecular weight excluding hydrogens is 487 g/mol. The number of pyridine rings is 1. The second-order valence-corrected chi connectivity index (χ2v) is 10.0. The number of ether oxygens (including phenoxy) is 1. The summed E-state index contributed by atoms with van der Waals surface area (Å²) in [6, 6.07) is 8.19. The summed E-state index contributed by atoms with van der Waals surface area (Å²) in [5, 5.41) is 13.2. The number of likely N-dealkylation sites (tertiary alicyclic amines) is 1. The van der Waals surface area contributed by atoms with Crippen molar-refractivity contribution in [2.24, 2.45) is 11.1 Å². The van der Waals surface area contributed by atoms with E-state index in [1.54, 1.807) is 12.1 Å². The molecule has 1 saturated carbocycles. The normalized spacial score (nSPS) is 20.2. The Bertz CT molecular complexity index is 1170. The maximum Gasteiger partial charge on any atom is 0.416 e. The number of halogens is 3. The molecule has 37 heavy (non-hydrogen) atoms. The highest BCUT2D eigenvalue weighted by molar-refractivity contribution is 6.02. The first-order valence-electron chi connectivity index (χ1n) is 12.7. The Labute approximate surface area is 213 Å². The Morgan fingerprint density at radius 3 is 2.68 bits per heavy atom. The van der Waals surface area contributed by atoms with Crippen LogP contribution in [0.1, 0.15) is 72.4 Å². The molecule has 0 amide bonds. The summed E-state index contributed by atoms with van der Waals surface area (Å²) in [6.45, 7) is 1.81. The van der Waals surface area contributed by atoms with Crippen LogP contribution >= 0.6 is 0 Å². The van der Waals surface area contributed by atoms with Crippen LogP contribution < -0.4 is 4.74 Å². The summed E-state index contributed by atoms with van der Waals surface area (Å²) < 4.78 is 47.2. The number of benzene rings is 1. The van der Waals surface area contributed by atoms with Crippen molar-refractivity contribution in [3.63, 3.8) is 0 Å². The third-order valence-corrected chi connectivity index (χ3v) is 7.37. The van der Waals surface area contributed by atoms with Gasteiger partial charge in [0.2, 0.25) is 5.88 Å². The van der Waals surface area contributed by atoms with E-state index in [1.807, 2.05) is 17.0 Å². The van der Waals surface area contributed by atoms with E-state index in [0.29, 0.717) is 60.9 Å².